The Labute approximate surface area is 100 Å². The van der Waals surface area contributed by atoms with Crippen LogP contribution in [0.25, 0.3) is 0 Å². The predicted molar refractivity (Wildman–Crippen MR) is 63.0 cm³/mol. The molecule has 0 aliphatic heterocycles. The van der Waals surface area contributed by atoms with Crippen LogP contribution in [0.1, 0.15) is 62.4 Å². The molecule has 0 amide bonds. The first-order valence-corrected chi connectivity index (χ1v) is 6.51. The number of imidazole rings is 1. The second-order valence-corrected chi connectivity index (χ2v) is 5.41. The van der Waals surface area contributed by atoms with E-state index in [-0.39, 0.29) is 0 Å². The van der Waals surface area contributed by atoms with Crippen molar-refractivity contribution in [3.8, 4) is 0 Å². The van der Waals surface area contributed by atoms with Gasteiger partial charge in [0.25, 0.3) is 0 Å². The lowest BCUT2D eigenvalue weighted by Gasteiger charge is -2.35. The molecule has 2 aliphatic carbocycles. The summed E-state index contributed by atoms with van der Waals surface area (Å²) in [4.78, 5) is 19.0. The molecule has 1 aromatic rings. The Morgan fingerprint density at radius 1 is 1.35 bits per heavy atom. The summed E-state index contributed by atoms with van der Waals surface area (Å²) in [5.74, 6) is 0.524. The number of rotatable bonds is 3. The molecule has 1 heterocycles. The van der Waals surface area contributed by atoms with E-state index in [0.29, 0.717) is 11.7 Å². The molecule has 0 aromatic carbocycles. The fourth-order valence-electron chi connectivity index (χ4n) is 3.11. The van der Waals surface area contributed by atoms with Crippen molar-refractivity contribution in [2.45, 2.75) is 56.3 Å². The van der Waals surface area contributed by atoms with Crippen molar-refractivity contribution in [2.75, 3.05) is 0 Å². The number of H-pyrrole nitrogens is 1. The first kappa shape index (κ1) is 10.8. The summed E-state index contributed by atoms with van der Waals surface area (Å²) >= 11 is 0. The number of aromatic amines is 1. The maximum absolute atomic E-state index is 11.4. The van der Waals surface area contributed by atoms with Crippen molar-refractivity contribution in [1.29, 1.82) is 0 Å². The van der Waals surface area contributed by atoms with Crippen molar-refractivity contribution >= 4 is 5.97 Å². The number of carboxylic acids is 1. The number of aromatic nitrogens is 2. The zero-order chi connectivity index (χ0) is 11.9. The van der Waals surface area contributed by atoms with Crippen molar-refractivity contribution in [2.24, 2.45) is 0 Å². The average Bonchev–Trinajstić information content (AvgIpc) is 2.83. The van der Waals surface area contributed by atoms with E-state index >= 15 is 0 Å². The maximum Gasteiger partial charge on any atom is 0.317 e. The van der Waals surface area contributed by atoms with Gasteiger partial charge in [-0.25, -0.2) is 4.98 Å². The normalized spacial score (nSPS) is 23.5. The number of carboxylic acid groups (broad SMARTS) is 1. The number of nitrogens with one attached hydrogen (secondary N) is 1. The average molecular weight is 234 g/mol. The van der Waals surface area contributed by atoms with Crippen molar-refractivity contribution in [3.63, 3.8) is 0 Å². The molecule has 4 nitrogen and oxygen atoms in total. The Morgan fingerprint density at radius 3 is 2.59 bits per heavy atom. The van der Waals surface area contributed by atoms with E-state index in [1.165, 1.54) is 25.7 Å². The molecule has 2 saturated carbocycles. The number of nitrogens with zero attached hydrogens (tertiary/aromatic N) is 1. The Bertz CT molecular complexity index is 428. The van der Waals surface area contributed by atoms with E-state index < -0.39 is 11.4 Å². The molecule has 0 radical (unpaired) electrons. The van der Waals surface area contributed by atoms with Crippen LogP contribution in [-0.4, -0.2) is 21.0 Å². The summed E-state index contributed by atoms with van der Waals surface area (Å²) in [6.07, 6.45) is 9.27. The van der Waals surface area contributed by atoms with Crippen molar-refractivity contribution in [3.05, 3.63) is 17.7 Å². The maximum atomic E-state index is 11.4. The Balaban J connectivity index is 1.86. The minimum absolute atomic E-state index is 0.571. The van der Waals surface area contributed by atoms with Gasteiger partial charge in [0, 0.05) is 17.8 Å². The molecular weight excluding hydrogens is 216 g/mol. The van der Waals surface area contributed by atoms with Gasteiger partial charge in [0.1, 0.15) is 11.2 Å². The summed E-state index contributed by atoms with van der Waals surface area (Å²) in [5, 5.41) is 9.35. The number of carbonyl (C=O) groups is 1. The van der Waals surface area contributed by atoms with Gasteiger partial charge in [0.05, 0.1) is 0 Å². The van der Waals surface area contributed by atoms with Gasteiger partial charge in [-0.05, 0) is 25.7 Å². The first-order chi connectivity index (χ1) is 8.22. The second-order valence-electron chi connectivity index (χ2n) is 5.41. The minimum atomic E-state index is -0.726. The van der Waals surface area contributed by atoms with Crippen LogP contribution in [0, 0.1) is 0 Å². The Morgan fingerprint density at radius 2 is 2.06 bits per heavy atom. The largest absolute Gasteiger partial charge is 0.480 e. The van der Waals surface area contributed by atoms with Gasteiger partial charge in [-0.1, -0.05) is 19.3 Å². The van der Waals surface area contributed by atoms with E-state index in [4.69, 9.17) is 0 Å². The molecule has 0 bridgehead atoms. The monoisotopic (exact) mass is 234 g/mol. The zero-order valence-electron chi connectivity index (χ0n) is 9.91. The van der Waals surface area contributed by atoms with E-state index in [1.54, 1.807) is 0 Å². The standard InChI is InChI=1S/C13H18N2O2/c16-12(17)13(6-3-7-13)11-14-8-10(15-11)9-4-1-2-5-9/h8-9H,1-7H2,(H,14,15)(H,16,17). The highest BCUT2D eigenvalue weighted by Crippen LogP contribution is 2.43. The van der Waals surface area contributed by atoms with Crippen LogP contribution in [0.2, 0.25) is 0 Å². The fourth-order valence-corrected chi connectivity index (χ4v) is 3.11. The Kier molecular flexibility index (Phi) is 2.45. The number of hydrogen-bond acceptors (Lipinski definition) is 2. The molecule has 4 heteroatoms. The van der Waals surface area contributed by atoms with Gasteiger partial charge in [0.15, 0.2) is 0 Å². The van der Waals surface area contributed by atoms with Crippen molar-refractivity contribution < 1.29 is 9.90 Å². The van der Waals surface area contributed by atoms with Gasteiger partial charge in [-0.3, -0.25) is 4.79 Å². The molecule has 0 saturated heterocycles. The molecule has 2 aliphatic rings. The van der Waals surface area contributed by atoms with Crippen LogP contribution in [0.5, 0.6) is 0 Å². The predicted octanol–water partition coefficient (Wildman–Crippen LogP) is 2.57. The fraction of sp³-hybridized carbons (Fsp3) is 0.692. The number of hydrogen-bond donors (Lipinski definition) is 2. The van der Waals surface area contributed by atoms with Gasteiger partial charge >= 0.3 is 5.97 Å². The molecule has 3 rings (SSSR count). The van der Waals surface area contributed by atoms with E-state index in [0.717, 1.165) is 25.0 Å². The highest BCUT2D eigenvalue weighted by Gasteiger charge is 2.48. The molecule has 2 N–H and O–H groups in total. The summed E-state index contributed by atoms with van der Waals surface area (Å²) in [5.41, 5.74) is 0.432. The Hall–Kier alpha value is -1.32. The zero-order valence-corrected chi connectivity index (χ0v) is 9.91. The smallest absolute Gasteiger partial charge is 0.317 e. The lowest BCUT2D eigenvalue weighted by atomic mass is 9.68. The summed E-state index contributed by atoms with van der Waals surface area (Å²) in [6.45, 7) is 0. The van der Waals surface area contributed by atoms with E-state index in [9.17, 15) is 9.90 Å². The lowest BCUT2D eigenvalue weighted by molar-refractivity contribution is -0.147. The summed E-state index contributed by atoms with van der Waals surface area (Å²) in [7, 11) is 0. The third-order valence-corrected chi connectivity index (χ3v) is 4.46. The van der Waals surface area contributed by atoms with Crippen LogP contribution in [0.3, 0.4) is 0 Å². The van der Waals surface area contributed by atoms with E-state index in [2.05, 4.69) is 9.97 Å². The van der Waals surface area contributed by atoms with Gasteiger partial charge in [0.2, 0.25) is 0 Å². The summed E-state index contributed by atoms with van der Waals surface area (Å²) < 4.78 is 0. The molecule has 17 heavy (non-hydrogen) atoms. The highest BCUT2D eigenvalue weighted by molar-refractivity contribution is 5.81. The molecule has 0 spiro atoms. The number of aliphatic carboxylic acids is 1. The molecule has 1 aromatic heterocycles. The molecule has 2 fully saturated rings. The highest BCUT2D eigenvalue weighted by atomic mass is 16.4. The quantitative estimate of drug-likeness (QED) is 0.844. The van der Waals surface area contributed by atoms with Crippen LogP contribution >= 0.6 is 0 Å². The second kappa shape index (κ2) is 3.86. The minimum Gasteiger partial charge on any atom is -0.480 e. The van der Waals surface area contributed by atoms with Gasteiger partial charge in [-0.2, -0.15) is 0 Å². The molecule has 0 atom stereocenters. The summed E-state index contributed by atoms with van der Waals surface area (Å²) in [6, 6.07) is 0. The van der Waals surface area contributed by atoms with Crippen LogP contribution in [0.15, 0.2) is 6.20 Å². The van der Waals surface area contributed by atoms with Gasteiger partial charge in [-0.15, -0.1) is 0 Å². The topological polar surface area (TPSA) is 66.0 Å². The SMILES string of the molecule is O=C(O)C1(c2ncc(C3CCCC3)[nH]2)CCC1. The van der Waals surface area contributed by atoms with Gasteiger partial charge < -0.3 is 10.1 Å². The molecule has 92 valence electrons. The molecule has 0 unspecified atom stereocenters. The van der Waals surface area contributed by atoms with Crippen LogP contribution < -0.4 is 0 Å². The van der Waals surface area contributed by atoms with Crippen LogP contribution in [-0.2, 0) is 10.2 Å². The third-order valence-electron chi connectivity index (χ3n) is 4.46. The lowest BCUT2D eigenvalue weighted by Crippen LogP contribution is -2.43. The van der Waals surface area contributed by atoms with Crippen LogP contribution in [0.4, 0.5) is 0 Å². The van der Waals surface area contributed by atoms with E-state index in [1.807, 2.05) is 6.20 Å². The van der Waals surface area contributed by atoms with Crippen molar-refractivity contribution in [1.82, 2.24) is 9.97 Å². The third kappa shape index (κ3) is 1.58. The first-order valence-electron chi connectivity index (χ1n) is 6.51. The molecular formula is C13H18N2O2.